The van der Waals surface area contributed by atoms with Crippen LogP contribution in [0.1, 0.15) is 52.7 Å². The van der Waals surface area contributed by atoms with Gasteiger partial charge in [-0.25, -0.2) is 4.98 Å². The van der Waals surface area contributed by atoms with Crippen molar-refractivity contribution in [3.05, 3.63) is 120 Å². The maximum atomic E-state index is 6.64. The zero-order chi connectivity index (χ0) is 29.2. The number of nitrogens with zero attached hydrogens (tertiary/aromatic N) is 2. The zero-order valence-electron chi connectivity index (χ0n) is 25.2. The van der Waals surface area contributed by atoms with Crippen LogP contribution in [0.15, 0.2) is 114 Å². The van der Waals surface area contributed by atoms with Crippen molar-refractivity contribution in [3.63, 3.8) is 0 Å². The summed E-state index contributed by atoms with van der Waals surface area (Å²) in [7, 11) is 0. The fourth-order valence-electron chi connectivity index (χ4n) is 5.88. The predicted octanol–water partition coefficient (Wildman–Crippen LogP) is 10.9. The first-order valence-corrected chi connectivity index (χ1v) is 14.7. The standard InChI is InChI=1S/C39H36N2O/c1-38(2,3)27-19-20-35-31(22-27)32-24-28(39(4,5)6)23-30(36(32)42-35)25-13-12-14-26(21-25)37-40-33-17-10-11-18-34(33)41(37)29-15-8-7-9-16-29/h7-24H,1-6H3. The molecule has 5 aromatic carbocycles. The van der Waals surface area contributed by atoms with E-state index in [-0.39, 0.29) is 10.8 Å². The van der Waals surface area contributed by atoms with Crippen LogP contribution < -0.4 is 0 Å². The average molecular weight is 549 g/mol. The Morgan fingerprint density at radius 2 is 1.29 bits per heavy atom. The number of rotatable bonds is 3. The van der Waals surface area contributed by atoms with E-state index in [1.807, 2.05) is 12.1 Å². The number of benzene rings is 5. The Labute approximate surface area is 247 Å². The van der Waals surface area contributed by atoms with Crippen molar-refractivity contribution in [2.75, 3.05) is 0 Å². The zero-order valence-corrected chi connectivity index (χ0v) is 25.2. The minimum Gasteiger partial charge on any atom is -0.455 e. The molecule has 2 heterocycles. The Balaban J connectivity index is 1.48. The van der Waals surface area contributed by atoms with Crippen molar-refractivity contribution in [1.29, 1.82) is 0 Å². The second-order valence-electron chi connectivity index (χ2n) is 13.4. The molecule has 42 heavy (non-hydrogen) atoms. The van der Waals surface area contributed by atoms with Crippen molar-refractivity contribution < 1.29 is 4.42 Å². The molecule has 0 saturated heterocycles. The molecule has 7 aromatic rings. The number of fused-ring (bicyclic) bond motifs is 4. The van der Waals surface area contributed by atoms with Gasteiger partial charge in [0.1, 0.15) is 17.0 Å². The Hall–Kier alpha value is -4.63. The molecule has 0 N–H and O–H groups in total. The van der Waals surface area contributed by atoms with Gasteiger partial charge in [0, 0.05) is 27.6 Å². The van der Waals surface area contributed by atoms with Crippen LogP contribution in [-0.4, -0.2) is 9.55 Å². The van der Waals surface area contributed by atoms with Gasteiger partial charge in [-0.05, 0) is 82.1 Å². The molecule has 208 valence electrons. The summed E-state index contributed by atoms with van der Waals surface area (Å²) < 4.78 is 8.89. The summed E-state index contributed by atoms with van der Waals surface area (Å²) in [6, 6.07) is 38.8. The molecule has 0 unspecified atom stereocenters. The first kappa shape index (κ1) is 26.3. The molecule has 2 aromatic heterocycles. The summed E-state index contributed by atoms with van der Waals surface area (Å²) in [4.78, 5) is 5.12. The van der Waals surface area contributed by atoms with E-state index in [4.69, 9.17) is 9.40 Å². The number of furan rings is 1. The first-order chi connectivity index (χ1) is 20.1. The van der Waals surface area contributed by atoms with E-state index < -0.39 is 0 Å². The fraction of sp³-hybridized carbons (Fsp3) is 0.205. The highest BCUT2D eigenvalue weighted by Gasteiger charge is 2.23. The molecule has 7 rings (SSSR count). The first-order valence-electron chi connectivity index (χ1n) is 14.7. The third-order valence-corrected chi connectivity index (χ3v) is 8.31. The van der Waals surface area contributed by atoms with E-state index in [1.54, 1.807) is 0 Å². The maximum Gasteiger partial charge on any atom is 0.145 e. The number of para-hydroxylation sites is 3. The van der Waals surface area contributed by atoms with E-state index in [0.717, 1.165) is 50.4 Å². The van der Waals surface area contributed by atoms with Crippen LogP contribution in [0.4, 0.5) is 0 Å². The predicted molar refractivity (Wildman–Crippen MR) is 177 cm³/mol. The maximum absolute atomic E-state index is 6.64. The lowest BCUT2D eigenvalue weighted by Crippen LogP contribution is -2.11. The second kappa shape index (κ2) is 9.46. The molecule has 0 aliphatic rings. The van der Waals surface area contributed by atoms with Crippen LogP contribution in [0.25, 0.3) is 61.2 Å². The van der Waals surface area contributed by atoms with Crippen molar-refractivity contribution in [1.82, 2.24) is 9.55 Å². The third-order valence-electron chi connectivity index (χ3n) is 8.31. The average Bonchev–Trinajstić information content (AvgIpc) is 3.55. The fourth-order valence-corrected chi connectivity index (χ4v) is 5.88. The van der Waals surface area contributed by atoms with Crippen LogP contribution in [0, 0.1) is 0 Å². The minimum atomic E-state index is -0.0208. The summed E-state index contributed by atoms with van der Waals surface area (Å²) in [6.07, 6.45) is 0. The molecule has 0 atom stereocenters. The number of imidazole rings is 1. The van der Waals surface area contributed by atoms with Crippen LogP contribution in [0.2, 0.25) is 0 Å². The van der Waals surface area contributed by atoms with Crippen molar-refractivity contribution in [3.8, 4) is 28.2 Å². The second-order valence-corrected chi connectivity index (χ2v) is 13.4. The van der Waals surface area contributed by atoms with Crippen LogP contribution in [-0.2, 0) is 10.8 Å². The molecular formula is C39H36N2O. The minimum absolute atomic E-state index is 0.0208. The molecule has 0 fully saturated rings. The number of aromatic nitrogens is 2. The quantitative estimate of drug-likeness (QED) is 0.220. The van der Waals surface area contributed by atoms with Crippen molar-refractivity contribution in [2.24, 2.45) is 0 Å². The molecule has 0 amide bonds. The van der Waals surface area contributed by atoms with Gasteiger partial charge in [-0.3, -0.25) is 4.57 Å². The van der Waals surface area contributed by atoms with Crippen molar-refractivity contribution >= 4 is 33.0 Å². The lowest BCUT2D eigenvalue weighted by atomic mass is 9.83. The topological polar surface area (TPSA) is 31.0 Å². The van der Waals surface area contributed by atoms with E-state index in [0.29, 0.717) is 0 Å². The lowest BCUT2D eigenvalue weighted by molar-refractivity contribution is 0.590. The van der Waals surface area contributed by atoms with Crippen LogP contribution in [0.3, 0.4) is 0 Å². The van der Waals surface area contributed by atoms with Gasteiger partial charge in [0.2, 0.25) is 0 Å². The Kier molecular flexibility index (Phi) is 5.92. The largest absolute Gasteiger partial charge is 0.455 e. The summed E-state index contributed by atoms with van der Waals surface area (Å²) >= 11 is 0. The lowest BCUT2D eigenvalue weighted by Gasteiger charge is -2.21. The van der Waals surface area contributed by atoms with E-state index in [9.17, 15) is 0 Å². The van der Waals surface area contributed by atoms with Gasteiger partial charge >= 0.3 is 0 Å². The molecule has 3 nitrogen and oxygen atoms in total. The van der Waals surface area contributed by atoms with Gasteiger partial charge in [0.05, 0.1) is 11.0 Å². The summed E-state index contributed by atoms with van der Waals surface area (Å²) in [6.45, 7) is 13.6. The molecule has 0 spiro atoms. The molecular weight excluding hydrogens is 512 g/mol. The third kappa shape index (κ3) is 4.41. The van der Waals surface area contributed by atoms with Gasteiger partial charge in [0.25, 0.3) is 0 Å². The Morgan fingerprint density at radius 3 is 2.05 bits per heavy atom. The highest BCUT2D eigenvalue weighted by molar-refractivity contribution is 6.10. The number of hydrogen-bond donors (Lipinski definition) is 0. The molecule has 0 aliphatic carbocycles. The normalized spacial score (nSPS) is 12.5. The van der Waals surface area contributed by atoms with E-state index in [1.165, 1.54) is 21.9 Å². The van der Waals surface area contributed by atoms with Gasteiger partial charge in [0.15, 0.2) is 0 Å². The molecule has 0 bridgehead atoms. The van der Waals surface area contributed by atoms with Gasteiger partial charge < -0.3 is 4.42 Å². The molecule has 3 heteroatoms. The summed E-state index contributed by atoms with van der Waals surface area (Å²) in [5, 5.41) is 2.34. The monoisotopic (exact) mass is 548 g/mol. The van der Waals surface area contributed by atoms with Crippen molar-refractivity contribution in [2.45, 2.75) is 52.4 Å². The molecule has 0 saturated carbocycles. The van der Waals surface area contributed by atoms with Crippen LogP contribution in [0.5, 0.6) is 0 Å². The van der Waals surface area contributed by atoms with Gasteiger partial charge in [-0.15, -0.1) is 0 Å². The highest BCUT2D eigenvalue weighted by Crippen LogP contribution is 2.42. The number of hydrogen-bond acceptors (Lipinski definition) is 2. The Morgan fingerprint density at radius 1 is 0.595 bits per heavy atom. The van der Waals surface area contributed by atoms with Crippen LogP contribution >= 0.6 is 0 Å². The summed E-state index contributed by atoms with van der Waals surface area (Å²) in [5.41, 5.74) is 10.9. The molecule has 0 aliphatic heterocycles. The van der Waals surface area contributed by atoms with E-state index in [2.05, 4.69) is 143 Å². The highest BCUT2D eigenvalue weighted by atomic mass is 16.3. The van der Waals surface area contributed by atoms with E-state index >= 15 is 0 Å². The smallest absolute Gasteiger partial charge is 0.145 e. The van der Waals surface area contributed by atoms with Gasteiger partial charge in [-0.1, -0.05) is 96.1 Å². The summed E-state index contributed by atoms with van der Waals surface area (Å²) in [5.74, 6) is 0.923. The SMILES string of the molecule is CC(C)(C)c1ccc2oc3c(-c4cccc(-c5nc6ccccc6n5-c5ccccc5)c4)cc(C(C)(C)C)cc3c2c1. The molecule has 0 radical (unpaired) electrons. The Bertz CT molecular complexity index is 2100. The van der Waals surface area contributed by atoms with Gasteiger partial charge in [-0.2, -0.15) is 0 Å².